The molecule has 1 amide bonds. The smallest absolute Gasteiger partial charge is 0.406 e. The average molecular weight is 434 g/mol. The minimum absolute atomic E-state index is 0.221. The Morgan fingerprint density at radius 3 is 2.29 bits per heavy atom. The molecule has 0 bridgehead atoms. The first-order valence-corrected chi connectivity index (χ1v) is 9.39. The number of rotatable bonds is 7. The first-order valence-electron chi connectivity index (χ1n) is 9.39. The molecular formula is C20H21F3N6O2. The fourth-order valence-electron chi connectivity index (χ4n) is 2.75. The maximum Gasteiger partial charge on any atom is 0.573 e. The van der Waals surface area contributed by atoms with Crippen LogP contribution in [0.4, 0.5) is 19.0 Å². The average Bonchev–Trinajstić information content (AvgIpc) is 2.98. The molecule has 0 atom stereocenters. The van der Waals surface area contributed by atoms with Gasteiger partial charge in [-0.25, -0.2) is 4.68 Å². The third kappa shape index (κ3) is 5.71. The van der Waals surface area contributed by atoms with Crippen molar-refractivity contribution >= 4 is 11.7 Å². The Morgan fingerprint density at radius 1 is 1.03 bits per heavy atom. The van der Waals surface area contributed by atoms with Crippen LogP contribution in [0.1, 0.15) is 27.3 Å². The molecule has 164 valence electrons. The molecule has 0 aliphatic heterocycles. The second kappa shape index (κ2) is 9.02. The van der Waals surface area contributed by atoms with E-state index in [0.717, 1.165) is 29.1 Å². The summed E-state index contributed by atoms with van der Waals surface area (Å²) in [6.07, 6.45) is -4.77. The van der Waals surface area contributed by atoms with Crippen molar-refractivity contribution in [3.8, 4) is 11.6 Å². The van der Waals surface area contributed by atoms with E-state index in [1.54, 1.807) is 16.8 Å². The lowest BCUT2D eigenvalue weighted by atomic mass is 10.2. The lowest BCUT2D eigenvalue weighted by molar-refractivity contribution is -0.274. The predicted octanol–water partition coefficient (Wildman–Crippen LogP) is 3.33. The molecule has 0 aliphatic rings. The molecule has 0 saturated heterocycles. The molecule has 0 aliphatic carbocycles. The zero-order valence-electron chi connectivity index (χ0n) is 17.1. The van der Waals surface area contributed by atoms with Crippen molar-refractivity contribution in [3.63, 3.8) is 0 Å². The Morgan fingerprint density at radius 2 is 1.74 bits per heavy atom. The van der Waals surface area contributed by atoms with E-state index in [9.17, 15) is 18.0 Å². The Labute approximate surface area is 176 Å². The first-order chi connectivity index (χ1) is 14.6. The van der Waals surface area contributed by atoms with Crippen LogP contribution in [0, 0.1) is 20.8 Å². The molecule has 0 unspecified atom stereocenters. The Hall–Kier alpha value is -3.63. The molecular weight excluding hydrogens is 413 g/mol. The normalized spacial score (nSPS) is 11.3. The number of hydrogen-bond acceptors (Lipinski definition) is 6. The van der Waals surface area contributed by atoms with Crippen LogP contribution in [0.3, 0.4) is 0 Å². The highest BCUT2D eigenvalue weighted by Crippen LogP contribution is 2.22. The number of amides is 1. The van der Waals surface area contributed by atoms with E-state index in [0.29, 0.717) is 18.2 Å². The summed E-state index contributed by atoms with van der Waals surface area (Å²) in [7, 11) is 0. The second-order valence-corrected chi connectivity index (χ2v) is 6.74. The number of benzene rings is 1. The van der Waals surface area contributed by atoms with Gasteiger partial charge in [-0.15, -0.1) is 23.4 Å². The van der Waals surface area contributed by atoms with E-state index in [1.165, 1.54) is 12.1 Å². The van der Waals surface area contributed by atoms with Gasteiger partial charge in [-0.05, 0) is 62.7 Å². The van der Waals surface area contributed by atoms with Gasteiger partial charge >= 0.3 is 6.36 Å². The fourth-order valence-corrected chi connectivity index (χ4v) is 2.75. The maximum absolute atomic E-state index is 12.2. The number of hydrogen-bond donors (Lipinski definition) is 2. The summed E-state index contributed by atoms with van der Waals surface area (Å²) in [6.45, 7) is 6.55. The number of halogens is 3. The van der Waals surface area contributed by atoms with E-state index in [2.05, 4.69) is 30.7 Å². The number of carbonyl (C=O) groups is 1. The lowest BCUT2D eigenvalue weighted by Crippen LogP contribution is -2.29. The number of ether oxygens (including phenoxy) is 1. The van der Waals surface area contributed by atoms with Crippen molar-refractivity contribution in [1.82, 2.24) is 25.3 Å². The first kappa shape index (κ1) is 22.1. The SMILES string of the molecule is Cc1nn(-c2ccc(NCCNC(=O)c3ccc(OC(F)(F)F)cc3)nn2)c(C)c1C. The van der Waals surface area contributed by atoms with Crippen LogP contribution in [-0.2, 0) is 0 Å². The molecule has 0 saturated carbocycles. The van der Waals surface area contributed by atoms with E-state index >= 15 is 0 Å². The van der Waals surface area contributed by atoms with Gasteiger partial charge in [0, 0.05) is 24.3 Å². The Kier molecular flexibility index (Phi) is 6.42. The Balaban J connectivity index is 1.47. The zero-order chi connectivity index (χ0) is 22.6. The van der Waals surface area contributed by atoms with Gasteiger partial charge in [0.1, 0.15) is 11.6 Å². The third-order valence-electron chi connectivity index (χ3n) is 4.59. The van der Waals surface area contributed by atoms with Crippen molar-refractivity contribution in [1.29, 1.82) is 0 Å². The highest BCUT2D eigenvalue weighted by Gasteiger charge is 2.31. The van der Waals surface area contributed by atoms with Gasteiger partial charge in [-0.3, -0.25) is 4.79 Å². The minimum Gasteiger partial charge on any atom is -0.406 e. The fraction of sp³-hybridized carbons (Fsp3) is 0.300. The van der Waals surface area contributed by atoms with Crippen LogP contribution >= 0.6 is 0 Å². The van der Waals surface area contributed by atoms with Crippen molar-refractivity contribution in [2.75, 3.05) is 18.4 Å². The van der Waals surface area contributed by atoms with Gasteiger partial charge < -0.3 is 15.4 Å². The summed E-state index contributed by atoms with van der Waals surface area (Å²) < 4.78 is 42.0. The van der Waals surface area contributed by atoms with E-state index < -0.39 is 12.3 Å². The standard InChI is InChI=1S/C20H21F3N6O2/c1-12-13(2)28-29(14(12)3)18-9-8-17(26-27-18)24-10-11-25-19(30)15-4-6-16(7-5-15)31-20(21,22)23/h4-9H,10-11H2,1-3H3,(H,24,26)(H,25,30). The topological polar surface area (TPSA) is 94.0 Å². The highest BCUT2D eigenvalue weighted by atomic mass is 19.4. The monoisotopic (exact) mass is 434 g/mol. The number of alkyl halides is 3. The van der Waals surface area contributed by atoms with Crippen molar-refractivity contribution in [2.24, 2.45) is 0 Å². The van der Waals surface area contributed by atoms with Crippen LogP contribution in [0.25, 0.3) is 5.82 Å². The summed E-state index contributed by atoms with van der Waals surface area (Å²) in [4.78, 5) is 12.1. The molecule has 0 fully saturated rings. The molecule has 3 aromatic rings. The summed E-state index contributed by atoms with van der Waals surface area (Å²) in [5, 5.41) is 18.4. The predicted molar refractivity (Wildman–Crippen MR) is 107 cm³/mol. The number of aromatic nitrogens is 4. The molecule has 0 spiro atoms. The zero-order valence-corrected chi connectivity index (χ0v) is 17.1. The van der Waals surface area contributed by atoms with Gasteiger partial charge in [-0.1, -0.05) is 0 Å². The van der Waals surface area contributed by atoms with Crippen LogP contribution in [0.15, 0.2) is 36.4 Å². The number of anilines is 1. The van der Waals surface area contributed by atoms with Gasteiger partial charge in [-0.2, -0.15) is 5.10 Å². The second-order valence-electron chi connectivity index (χ2n) is 6.74. The molecule has 2 aromatic heterocycles. The summed E-state index contributed by atoms with van der Waals surface area (Å²) in [5.41, 5.74) is 3.24. The molecule has 3 rings (SSSR count). The molecule has 11 heteroatoms. The van der Waals surface area contributed by atoms with Gasteiger partial charge in [0.05, 0.1) is 5.69 Å². The molecule has 8 nitrogen and oxygen atoms in total. The maximum atomic E-state index is 12.2. The van der Waals surface area contributed by atoms with Gasteiger partial charge in [0.2, 0.25) is 0 Å². The largest absolute Gasteiger partial charge is 0.573 e. The van der Waals surface area contributed by atoms with Crippen molar-refractivity contribution < 1.29 is 22.7 Å². The summed E-state index contributed by atoms with van der Waals surface area (Å²) in [5.74, 6) is 0.334. The molecule has 31 heavy (non-hydrogen) atoms. The highest BCUT2D eigenvalue weighted by molar-refractivity contribution is 5.94. The van der Waals surface area contributed by atoms with Crippen molar-refractivity contribution in [2.45, 2.75) is 27.1 Å². The van der Waals surface area contributed by atoms with Crippen LogP contribution in [-0.4, -0.2) is 45.3 Å². The molecule has 0 radical (unpaired) electrons. The Bertz CT molecular complexity index is 1050. The van der Waals surface area contributed by atoms with Gasteiger partial charge in [0.15, 0.2) is 5.82 Å². The summed E-state index contributed by atoms with van der Waals surface area (Å²) >= 11 is 0. The molecule has 2 heterocycles. The number of aryl methyl sites for hydroxylation is 1. The number of nitrogens with one attached hydrogen (secondary N) is 2. The number of carbonyl (C=O) groups excluding carboxylic acids is 1. The van der Waals surface area contributed by atoms with E-state index in [-0.39, 0.29) is 17.9 Å². The lowest BCUT2D eigenvalue weighted by Gasteiger charge is -2.10. The summed E-state index contributed by atoms with van der Waals surface area (Å²) in [6, 6.07) is 8.24. The van der Waals surface area contributed by atoms with Crippen LogP contribution < -0.4 is 15.4 Å². The van der Waals surface area contributed by atoms with E-state index in [4.69, 9.17) is 0 Å². The van der Waals surface area contributed by atoms with Crippen LogP contribution in [0.5, 0.6) is 5.75 Å². The molecule has 2 N–H and O–H groups in total. The van der Waals surface area contributed by atoms with Crippen LogP contribution in [0.2, 0.25) is 0 Å². The quantitative estimate of drug-likeness (QED) is 0.554. The van der Waals surface area contributed by atoms with Gasteiger partial charge in [0.25, 0.3) is 5.91 Å². The van der Waals surface area contributed by atoms with E-state index in [1.807, 2.05) is 20.8 Å². The number of nitrogens with zero attached hydrogens (tertiary/aromatic N) is 4. The third-order valence-corrected chi connectivity index (χ3v) is 4.59. The molecule has 1 aromatic carbocycles. The minimum atomic E-state index is -4.77. The van der Waals surface area contributed by atoms with Crippen molar-refractivity contribution in [3.05, 3.63) is 58.9 Å².